The fourth-order valence-corrected chi connectivity index (χ4v) is 2.41. The molecule has 0 unspecified atom stereocenters. The van der Waals surface area contributed by atoms with Crippen LogP contribution in [0.15, 0.2) is 36.7 Å². The van der Waals surface area contributed by atoms with Gasteiger partial charge in [-0.2, -0.15) is 0 Å². The highest BCUT2D eigenvalue weighted by Crippen LogP contribution is 2.27. The Hall–Kier alpha value is -2.54. The normalized spacial score (nSPS) is 10.5. The predicted octanol–water partition coefficient (Wildman–Crippen LogP) is 2.53. The highest BCUT2D eigenvalue weighted by molar-refractivity contribution is 7.22. The molecule has 0 aliphatic heterocycles. The van der Waals surface area contributed by atoms with Gasteiger partial charge in [0, 0.05) is 0 Å². The molecule has 3 rings (SSSR count). The van der Waals surface area contributed by atoms with Gasteiger partial charge in [0.25, 0.3) is 0 Å². The van der Waals surface area contributed by atoms with Gasteiger partial charge < -0.3 is 10.4 Å². The summed E-state index contributed by atoms with van der Waals surface area (Å²) in [7, 11) is 0. The van der Waals surface area contributed by atoms with Crippen LogP contribution in [0, 0.1) is 0 Å². The van der Waals surface area contributed by atoms with E-state index in [0.29, 0.717) is 10.9 Å². The van der Waals surface area contributed by atoms with Gasteiger partial charge in [-0.15, -0.1) is 0 Å². The van der Waals surface area contributed by atoms with Gasteiger partial charge in [-0.1, -0.05) is 23.5 Å². The number of aromatic carboxylic acids is 1. The number of carboxylic acid groups (broad SMARTS) is 1. The predicted molar refractivity (Wildman–Crippen MR) is 71.9 cm³/mol. The molecule has 2 aromatic heterocycles. The molecule has 0 spiro atoms. The molecule has 0 atom stereocenters. The summed E-state index contributed by atoms with van der Waals surface area (Å²) >= 11 is 1.50. The van der Waals surface area contributed by atoms with Gasteiger partial charge in [0.1, 0.15) is 0 Å². The van der Waals surface area contributed by atoms with Crippen LogP contribution in [0.3, 0.4) is 0 Å². The average molecular weight is 272 g/mol. The number of benzene rings is 1. The van der Waals surface area contributed by atoms with Crippen LogP contribution in [-0.4, -0.2) is 26.0 Å². The Morgan fingerprint density at radius 3 is 2.74 bits per heavy atom. The van der Waals surface area contributed by atoms with E-state index in [-0.39, 0.29) is 5.69 Å². The van der Waals surface area contributed by atoms with Gasteiger partial charge in [-0.05, 0) is 12.1 Å². The maximum atomic E-state index is 10.7. The molecule has 0 amide bonds. The Balaban J connectivity index is 1.86. The lowest BCUT2D eigenvalue weighted by Gasteiger charge is -2.00. The van der Waals surface area contributed by atoms with Crippen LogP contribution in [-0.2, 0) is 0 Å². The molecule has 6 nitrogen and oxygen atoms in total. The van der Waals surface area contributed by atoms with Crippen LogP contribution in [0.25, 0.3) is 10.2 Å². The maximum Gasteiger partial charge on any atom is 0.356 e. The summed E-state index contributed by atoms with van der Waals surface area (Å²) in [5, 5.41) is 12.4. The molecule has 0 saturated carbocycles. The van der Waals surface area contributed by atoms with E-state index >= 15 is 0 Å². The quantitative estimate of drug-likeness (QED) is 0.761. The smallest absolute Gasteiger partial charge is 0.356 e. The Morgan fingerprint density at radius 1 is 1.21 bits per heavy atom. The summed E-state index contributed by atoms with van der Waals surface area (Å²) in [4.78, 5) is 22.8. The van der Waals surface area contributed by atoms with Crippen molar-refractivity contribution < 1.29 is 9.90 Å². The number of aromatic nitrogens is 3. The minimum Gasteiger partial charge on any atom is -0.476 e. The largest absolute Gasteiger partial charge is 0.476 e. The van der Waals surface area contributed by atoms with Crippen LogP contribution in [0.1, 0.15) is 10.5 Å². The number of hydrogen-bond acceptors (Lipinski definition) is 6. The summed E-state index contributed by atoms with van der Waals surface area (Å²) in [5.41, 5.74) is 0.819. The topological polar surface area (TPSA) is 88.0 Å². The maximum absolute atomic E-state index is 10.7. The molecule has 0 aliphatic rings. The molecular weight excluding hydrogens is 264 g/mol. The number of hydrogen-bond donors (Lipinski definition) is 2. The fraction of sp³-hybridized carbons (Fsp3) is 0. The molecule has 2 heterocycles. The number of para-hydroxylation sites is 1. The van der Waals surface area contributed by atoms with Gasteiger partial charge in [0.2, 0.25) is 0 Å². The summed E-state index contributed by atoms with van der Waals surface area (Å²) in [6.45, 7) is 0. The molecule has 19 heavy (non-hydrogen) atoms. The first-order valence-electron chi connectivity index (χ1n) is 5.40. The lowest BCUT2D eigenvalue weighted by atomic mass is 10.3. The first kappa shape index (κ1) is 11.5. The summed E-state index contributed by atoms with van der Waals surface area (Å²) in [6, 6.07) is 7.78. The van der Waals surface area contributed by atoms with Gasteiger partial charge in [-0.25, -0.2) is 19.7 Å². The van der Waals surface area contributed by atoms with Crippen molar-refractivity contribution in [3.05, 3.63) is 42.4 Å². The molecule has 0 aliphatic carbocycles. The number of carbonyl (C=O) groups is 1. The van der Waals surface area contributed by atoms with Crippen molar-refractivity contribution in [1.82, 2.24) is 15.0 Å². The highest BCUT2D eigenvalue weighted by Gasteiger charge is 2.07. The second-order valence-corrected chi connectivity index (χ2v) is 4.73. The van der Waals surface area contributed by atoms with Crippen LogP contribution in [0.2, 0.25) is 0 Å². The lowest BCUT2D eigenvalue weighted by molar-refractivity contribution is 0.0690. The number of carboxylic acids is 1. The van der Waals surface area contributed by atoms with E-state index in [1.807, 2.05) is 24.3 Å². The van der Waals surface area contributed by atoms with Crippen molar-refractivity contribution in [3.63, 3.8) is 0 Å². The molecule has 94 valence electrons. The number of thiazole rings is 1. The van der Waals surface area contributed by atoms with Crippen molar-refractivity contribution in [1.29, 1.82) is 0 Å². The third kappa shape index (κ3) is 2.36. The van der Waals surface area contributed by atoms with E-state index in [1.165, 1.54) is 23.7 Å². The monoisotopic (exact) mass is 272 g/mol. The molecular formula is C12H8N4O2S. The van der Waals surface area contributed by atoms with Gasteiger partial charge in [0.05, 0.1) is 22.6 Å². The van der Waals surface area contributed by atoms with E-state index < -0.39 is 5.97 Å². The third-order valence-electron chi connectivity index (χ3n) is 2.40. The van der Waals surface area contributed by atoms with Crippen LogP contribution < -0.4 is 5.32 Å². The molecule has 1 aromatic carbocycles. The second-order valence-electron chi connectivity index (χ2n) is 3.70. The molecule has 7 heteroatoms. The van der Waals surface area contributed by atoms with E-state index in [4.69, 9.17) is 5.11 Å². The Labute approximate surface area is 111 Å². The fourth-order valence-electron chi connectivity index (χ4n) is 1.54. The van der Waals surface area contributed by atoms with E-state index in [2.05, 4.69) is 20.3 Å². The first-order chi connectivity index (χ1) is 9.22. The molecule has 3 aromatic rings. The summed E-state index contributed by atoms with van der Waals surface area (Å²) in [5.74, 6) is -0.636. The molecule has 0 saturated heterocycles. The zero-order chi connectivity index (χ0) is 13.2. The number of nitrogens with zero attached hydrogens (tertiary/aromatic N) is 3. The van der Waals surface area contributed by atoms with Crippen LogP contribution in [0.5, 0.6) is 0 Å². The van der Waals surface area contributed by atoms with E-state index in [0.717, 1.165) is 10.2 Å². The van der Waals surface area contributed by atoms with Gasteiger partial charge >= 0.3 is 5.97 Å². The zero-order valence-electron chi connectivity index (χ0n) is 9.57. The Morgan fingerprint density at radius 2 is 2.05 bits per heavy atom. The number of anilines is 2. The minimum absolute atomic E-state index is 0.0881. The SMILES string of the molecule is O=C(O)c1cnc(Nc2nc3ccccc3s2)cn1. The number of rotatable bonds is 3. The highest BCUT2D eigenvalue weighted by atomic mass is 32.1. The summed E-state index contributed by atoms with van der Waals surface area (Å²) in [6.07, 6.45) is 2.58. The zero-order valence-corrected chi connectivity index (χ0v) is 10.4. The third-order valence-corrected chi connectivity index (χ3v) is 3.35. The van der Waals surface area contributed by atoms with Gasteiger partial charge in [-0.3, -0.25) is 0 Å². The van der Waals surface area contributed by atoms with Crippen molar-refractivity contribution in [3.8, 4) is 0 Å². The van der Waals surface area contributed by atoms with Crippen molar-refractivity contribution in [2.75, 3.05) is 5.32 Å². The average Bonchev–Trinajstić information content (AvgIpc) is 2.81. The van der Waals surface area contributed by atoms with Crippen LogP contribution in [0.4, 0.5) is 10.9 Å². The van der Waals surface area contributed by atoms with Gasteiger partial charge in [0.15, 0.2) is 16.6 Å². The van der Waals surface area contributed by atoms with Crippen molar-refractivity contribution >= 4 is 38.5 Å². The van der Waals surface area contributed by atoms with Crippen LogP contribution >= 0.6 is 11.3 Å². The molecule has 2 N–H and O–H groups in total. The van der Waals surface area contributed by atoms with E-state index in [9.17, 15) is 4.79 Å². The Bertz CT molecular complexity index is 706. The minimum atomic E-state index is -1.10. The molecule has 0 fully saturated rings. The number of nitrogens with one attached hydrogen (secondary N) is 1. The standard InChI is InChI=1S/C12H8N4O2S/c17-11(18)8-5-14-10(6-13-8)16-12-15-7-3-1-2-4-9(7)19-12/h1-6H,(H,17,18)(H,14,15,16). The molecule has 0 radical (unpaired) electrons. The number of fused-ring (bicyclic) bond motifs is 1. The lowest BCUT2D eigenvalue weighted by Crippen LogP contribution is -2.02. The van der Waals surface area contributed by atoms with Crippen molar-refractivity contribution in [2.45, 2.75) is 0 Å². The Kier molecular flexibility index (Phi) is 2.81. The van der Waals surface area contributed by atoms with Crippen molar-refractivity contribution in [2.24, 2.45) is 0 Å². The summed E-state index contributed by atoms with van der Waals surface area (Å²) < 4.78 is 1.07. The first-order valence-corrected chi connectivity index (χ1v) is 6.22. The van der Waals surface area contributed by atoms with E-state index in [1.54, 1.807) is 0 Å². The molecule has 0 bridgehead atoms. The second kappa shape index (κ2) is 4.62.